The summed E-state index contributed by atoms with van der Waals surface area (Å²) in [6, 6.07) is 7.33. The molecule has 1 aromatic rings. The molecule has 1 aliphatic rings. The van der Waals surface area contributed by atoms with Crippen LogP contribution in [0.15, 0.2) is 24.3 Å². The zero-order valence-corrected chi connectivity index (χ0v) is 15.6. The first kappa shape index (κ1) is 20.7. The van der Waals surface area contributed by atoms with Crippen LogP contribution < -0.4 is 10.5 Å². The number of rotatable bonds is 7. The number of hydrogen-bond donors (Lipinski definition) is 1. The molecule has 1 fully saturated rings. The first-order chi connectivity index (χ1) is 10.9. The molecule has 2 rings (SSSR count). The first-order valence-electron chi connectivity index (χ1n) is 8.21. The van der Waals surface area contributed by atoms with Crippen LogP contribution in [0.4, 0.5) is 0 Å². The molecule has 1 amide bonds. The Labute approximate surface area is 150 Å². The summed E-state index contributed by atoms with van der Waals surface area (Å²) in [6.45, 7) is 6.61. The Morgan fingerprint density at radius 2 is 2.21 bits per heavy atom. The van der Waals surface area contributed by atoms with Crippen molar-refractivity contribution in [3.8, 4) is 5.75 Å². The highest BCUT2D eigenvalue weighted by Gasteiger charge is 2.22. The molecule has 1 saturated heterocycles. The molecule has 1 aliphatic heterocycles. The molecule has 0 radical (unpaired) electrons. The average Bonchev–Trinajstić information content (AvgIpc) is 3.05. The van der Waals surface area contributed by atoms with Crippen LogP contribution in [0, 0.1) is 5.41 Å². The molecule has 136 valence electrons. The van der Waals surface area contributed by atoms with Gasteiger partial charge in [0.15, 0.2) is 0 Å². The number of benzene rings is 1. The molecule has 0 aliphatic carbocycles. The van der Waals surface area contributed by atoms with E-state index in [1.807, 2.05) is 18.2 Å². The van der Waals surface area contributed by atoms with Crippen molar-refractivity contribution >= 4 is 18.3 Å². The Kier molecular flexibility index (Phi) is 8.00. The number of nitrogens with two attached hydrogens (primary N) is 1. The molecule has 1 heterocycles. The summed E-state index contributed by atoms with van der Waals surface area (Å²) >= 11 is 0. The lowest BCUT2D eigenvalue weighted by molar-refractivity contribution is 0.0677. The number of carbonyl (C=O) groups is 1. The van der Waals surface area contributed by atoms with E-state index in [9.17, 15) is 4.79 Å². The standard InChI is InChI=1S/C18H28N2O3.ClH/c1-18(2,12-19)13-20(3)17(21)14-6-4-7-15(10-14)23-11-16-8-5-9-22-16;/h4,6-7,10,16H,5,8-9,11-13,19H2,1-3H3;1H. The second-order valence-electron chi connectivity index (χ2n) is 7.00. The maximum absolute atomic E-state index is 12.6. The highest BCUT2D eigenvalue weighted by molar-refractivity contribution is 5.94. The van der Waals surface area contributed by atoms with Crippen molar-refractivity contribution in [2.24, 2.45) is 11.1 Å². The Morgan fingerprint density at radius 3 is 2.83 bits per heavy atom. The van der Waals surface area contributed by atoms with Gasteiger partial charge in [0.1, 0.15) is 12.4 Å². The molecule has 5 nitrogen and oxygen atoms in total. The molecule has 0 spiro atoms. The summed E-state index contributed by atoms with van der Waals surface area (Å²) in [5, 5.41) is 0. The molecule has 6 heteroatoms. The molecule has 1 unspecified atom stereocenters. The molecular formula is C18H29ClN2O3. The second-order valence-corrected chi connectivity index (χ2v) is 7.00. The van der Waals surface area contributed by atoms with E-state index in [0.717, 1.165) is 19.4 Å². The van der Waals surface area contributed by atoms with E-state index in [4.69, 9.17) is 15.2 Å². The molecular weight excluding hydrogens is 328 g/mol. The second kappa shape index (κ2) is 9.25. The van der Waals surface area contributed by atoms with E-state index in [0.29, 0.717) is 31.0 Å². The maximum Gasteiger partial charge on any atom is 0.253 e. The minimum absolute atomic E-state index is 0. The van der Waals surface area contributed by atoms with Gasteiger partial charge < -0.3 is 20.1 Å². The summed E-state index contributed by atoms with van der Waals surface area (Å²) in [5.41, 5.74) is 6.28. The van der Waals surface area contributed by atoms with Gasteiger partial charge in [-0.25, -0.2) is 0 Å². The Morgan fingerprint density at radius 1 is 1.46 bits per heavy atom. The van der Waals surface area contributed by atoms with Crippen molar-refractivity contribution < 1.29 is 14.3 Å². The van der Waals surface area contributed by atoms with Crippen molar-refractivity contribution in [3.05, 3.63) is 29.8 Å². The molecule has 2 N–H and O–H groups in total. The van der Waals surface area contributed by atoms with Gasteiger partial charge in [0.05, 0.1) is 6.10 Å². The summed E-state index contributed by atoms with van der Waals surface area (Å²) in [4.78, 5) is 14.3. The van der Waals surface area contributed by atoms with Gasteiger partial charge in [-0.05, 0) is 43.0 Å². The lowest BCUT2D eigenvalue weighted by Gasteiger charge is -2.29. The fraction of sp³-hybridized carbons (Fsp3) is 0.611. The average molecular weight is 357 g/mol. The topological polar surface area (TPSA) is 64.8 Å². The molecule has 1 atom stereocenters. The Balaban J connectivity index is 0.00000288. The van der Waals surface area contributed by atoms with E-state index in [2.05, 4.69) is 13.8 Å². The molecule has 0 bridgehead atoms. The summed E-state index contributed by atoms with van der Waals surface area (Å²) in [7, 11) is 1.81. The lowest BCUT2D eigenvalue weighted by Crippen LogP contribution is -2.39. The first-order valence-corrected chi connectivity index (χ1v) is 8.21. The fourth-order valence-electron chi connectivity index (χ4n) is 2.68. The van der Waals surface area contributed by atoms with Gasteiger partial charge in [-0.3, -0.25) is 4.79 Å². The Hall–Kier alpha value is -1.30. The minimum Gasteiger partial charge on any atom is -0.491 e. The van der Waals surface area contributed by atoms with Gasteiger partial charge in [-0.15, -0.1) is 12.4 Å². The monoisotopic (exact) mass is 356 g/mol. The smallest absolute Gasteiger partial charge is 0.253 e. The quantitative estimate of drug-likeness (QED) is 0.815. The zero-order valence-electron chi connectivity index (χ0n) is 14.8. The fourth-order valence-corrected chi connectivity index (χ4v) is 2.68. The zero-order chi connectivity index (χ0) is 16.9. The normalized spacial score (nSPS) is 17.2. The third kappa shape index (κ3) is 5.96. The maximum atomic E-state index is 12.6. The number of halogens is 1. The van der Waals surface area contributed by atoms with E-state index in [-0.39, 0.29) is 29.8 Å². The molecule has 1 aromatic carbocycles. The largest absolute Gasteiger partial charge is 0.491 e. The Bertz CT molecular complexity index is 531. The highest BCUT2D eigenvalue weighted by Crippen LogP contribution is 2.20. The van der Waals surface area contributed by atoms with Crippen LogP contribution in [-0.4, -0.2) is 50.3 Å². The third-order valence-corrected chi connectivity index (χ3v) is 4.11. The van der Waals surface area contributed by atoms with Gasteiger partial charge >= 0.3 is 0 Å². The van der Waals surface area contributed by atoms with Crippen molar-refractivity contribution in [1.82, 2.24) is 4.90 Å². The summed E-state index contributed by atoms with van der Waals surface area (Å²) in [6.07, 6.45) is 2.30. The number of amides is 1. The van der Waals surface area contributed by atoms with Crippen molar-refractivity contribution in [2.75, 3.05) is 33.4 Å². The predicted octanol–water partition coefficient (Wildman–Crippen LogP) is 2.72. The van der Waals surface area contributed by atoms with E-state index in [1.54, 1.807) is 18.0 Å². The summed E-state index contributed by atoms with van der Waals surface area (Å²) in [5.74, 6) is 0.687. The third-order valence-electron chi connectivity index (χ3n) is 4.11. The molecule has 24 heavy (non-hydrogen) atoms. The van der Waals surface area contributed by atoms with Crippen LogP contribution >= 0.6 is 12.4 Å². The van der Waals surface area contributed by atoms with Crippen molar-refractivity contribution in [1.29, 1.82) is 0 Å². The van der Waals surface area contributed by atoms with Crippen molar-refractivity contribution in [2.45, 2.75) is 32.8 Å². The van der Waals surface area contributed by atoms with E-state index in [1.165, 1.54) is 0 Å². The van der Waals surface area contributed by atoms with E-state index < -0.39 is 0 Å². The van der Waals surface area contributed by atoms with Gasteiger partial charge in [0.2, 0.25) is 0 Å². The van der Waals surface area contributed by atoms with Crippen molar-refractivity contribution in [3.63, 3.8) is 0 Å². The van der Waals surface area contributed by atoms with Gasteiger partial charge in [0, 0.05) is 25.8 Å². The number of nitrogens with zero attached hydrogens (tertiary/aromatic N) is 1. The van der Waals surface area contributed by atoms with Gasteiger partial charge in [0.25, 0.3) is 5.91 Å². The predicted molar refractivity (Wildman–Crippen MR) is 98.0 cm³/mol. The minimum atomic E-state index is -0.0989. The lowest BCUT2D eigenvalue weighted by atomic mass is 9.93. The molecule has 0 aromatic heterocycles. The number of carbonyl (C=O) groups excluding carboxylic acids is 1. The van der Waals surface area contributed by atoms with Crippen LogP contribution in [-0.2, 0) is 4.74 Å². The molecule has 0 saturated carbocycles. The highest BCUT2D eigenvalue weighted by atomic mass is 35.5. The number of ether oxygens (including phenoxy) is 2. The van der Waals surface area contributed by atoms with Crippen LogP contribution in [0.2, 0.25) is 0 Å². The van der Waals surface area contributed by atoms with Crippen LogP contribution in [0.1, 0.15) is 37.0 Å². The SMILES string of the molecule is CN(CC(C)(C)CN)C(=O)c1cccc(OCC2CCCO2)c1.Cl. The van der Waals surface area contributed by atoms with E-state index >= 15 is 0 Å². The van der Waals surface area contributed by atoms with Crippen LogP contribution in [0.25, 0.3) is 0 Å². The van der Waals surface area contributed by atoms with Crippen LogP contribution in [0.5, 0.6) is 5.75 Å². The van der Waals surface area contributed by atoms with Gasteiger partial charge in [-0.2, -0.15) is 0 Å². The number of hydrogen-bond acceptors (Lipinski definition) is 4. The summed E-state index contributed by atoms with van der Waals surface area (Å²) < 4.78 is 11.3. The van der Waals surface area contributed by atoms with Gasteiger partial charge in [-0.1, -0.05) is 19.9 Å². The van der Waals surface area contributed by atoms with Crippen LogP contribution in [0.3, 0.4) is 0 Å².